The summed E-state index contributed by atoms with van der Waals surface area (Å²) >= 11 is 1.11. The van der Waals surface area contributed by atoms with Gasteiger partial charge in [-0.3, -0.25) is 4.79 Å². The molecule has 0 aliphatic heterocycles. The number of esters is 1. The van der Waals surface area contributed by atoms with Gasteiger partial charge in [0.05, 0.1) is 12.8 Å². The fourth-order valence-corrected chi connectivity index (χ4v) is 2.38. The maximum atomic E-state index is 11.6. The molecule has 6 nitrogen and oxygen atoms in total. The third kappa shape index (κ3) is 2.62. The van der Waals surface area contributed by atoms with Gasteiger partial charge in [-0.2, -0.15) is 0 Å². The maximum Gasteiger partial charge on any atom is 0.343 e. The van der Waals surface area contributed by atoms with E-state index < -0.39 is 5.97 Å². The quantitative estimate of drug-likeness (QED) is 0.549. The Bertz CT molecular complexity index is 482. The first-order valence-electron chi connectivity index (χ1n) is 5.14. The lowest BCUT2D eigenvalue weighted by Gasteiger charge is -2.04. The van der Waals surface area contributed by atoms with Crippen LogP contribution >= 0.6 is 11.3 Å². The van der Waals surface area contributed by atoms with E-state index in [4.69, 9.17) is 5.73 Å². The van der Waals surface area contributed by atoms with E-state index in [0.717, 1.165) is 11.3 Å². The predicted molar refractivity (Wildman–Crippen MR) is 72.1 cm³/mol. The number of rotatable bonds is 5. The van der Waals surface area contributed by atoms with Crippen LogP contribution in [0.4, 0.5) is 10.7 Å². The normalized spacial score (nSPS) is 9.67. The van der Waals surface area contributed by atoms with Gasteiger partial charge in [-0.15, -0.1) is 17.9 Å². The highest BCUT2D eigenvalue weighted by molar-refractivity contribution is 7.19. The first-order valence-corrected chi connectivity index (χ1v) is 5.95. The number of nitrogen functional groups attached to an aromatic ring is 1. The minimum Gasteiger partial charge on any atom is -0.465 e. The number of anilines is 2. The smallest absolute Gasteiger partial charge is 0.343 e. The van der Waals surface area contributed by atoms with E-state index in [2.05, 4.69) is 21.9 Å². The van der Waals surface area contributed by atoms with E-state index in [1.807, 2.05) is 0 Å². The topological polar surface area (TPSA) is 93.5 Å². The van der Waals surface area contributed by atoms with Crippen molar-refractivity contribution in [3.8, 4) is 0 Å². The highest BCUT2D eigenvalue weighted by Gasteiger charge is 2.25. The van der Waals surface area contributed by atoms with Gasteiger partial charge in [0, 0.05) is 13.6 Å². The van der Waals surface area contributed by atoms with Crippen molar-refractivity contribution < 1.29 is 14.3 Å². The molecule has 1 heterocycles. The van der Waals surface area contributed by atoms with Crippen LogP contribution in [0.5, 0.6) is 0 Å². The summed E-state index contributed by atoms with van der Waals surface area (Å²) in [4.78, 5) is 23.5. The van der Waals surface area contributed by atoms with E-state index in [-0.39, 0.29) is 22.0 Å². The molecular formula is C11H15N3O3S. The van der Waals surface area contributed by atoms with Crippen LogP contribution in [0.3, 0.4) is 0 Å². The van der Waals surface area contributed by atoms with Crippen molar-refractivity contribution in [2.45, 2.75) is 0 Å². The molecule has 0 radical (unpaired) electrons. The SMILES string of the molecule is C=CCNc1sc(C(=O)NC)c(N)c1C(=O)OC. The summed E-state index contributed by atoms with van der Waals surface area (Å²) < 4.78 is 4.65. The van der Waals surface area contributed by atoms with Crippen LogP contribution in [0.25, 0.3) is 0 Å². The second-order valence-electron chi connectivity index (χ2n) is 3.29. The third-order valence-electron chi connectivity index (χ3n) is 2.17. The molecule has 0 aliphatic rings. The van der Waals surface area contributed by atoms with Crippen molar-refractivity contribution in [2.75, 3.05) is 31.8 Å². The van der Waals surface area contributed by atoms with Crippen LogP contribution in [0.2, 0.25) is 0 Å². The molecule has 1 rings (SSSR count). The zero-order valence-corrected chi connectivity index (χ0v) is 11.0. The molecule has 0 bridgehead atoms. The minimum atomic E-state index is -0.578. The summed E-state index contributed by atoms with van der Waals surface area (Å²) in [6.45, 7) is 4.02. The molecule has 7 heteroatoms. The van der Waals surface area contributed by atoms with Gasteiger partial charge in [0.25, 0.3) is 5.91 Å². The molecule has 1 aromatic rings. The molecule has 0 unspecified atom stereocenters. The van der Waals surface area contributed by atoms with E-state index in [1.165, 1.54) is 14.2 Å². The summed E-state index contributed by atoms with van der Waals surface area (Å²) in [5, 5.41) is 5.92. The molecule has 0 aromatic carbocycles. The maximum absolute atomic E-state index is 11.6. The van der Waals surface area contributed by atoms with Crippen LogP contribution in [-0.4, -0.2) is 32.6 Å². The summed E-state index contributed by atoms with van der Waals surface area (Å²) in [7, 11) is 2.76. The Morgan fingerprint density at radius 3 is 2.72 bits per heavy atom. The number of ether oxygens (including phenoxy) is 1. The highest BCUT2D eigenvalue weighted by Crippen LogP contribution is 2.36. The van der Waals surface area contributed by atoms with Crippen molar-refractivity contribution in [3.05, 3.63) is 23.1 Å². The molecule has 0 saturated heterocycles. The highest BCUT2D eigenvalue weighted by atomic mass is 32.1. The predicted octanol–water partition coefficient (Wildman–Crippen LogP) is 1.07. The second-order valence-corrected chi connectivity index (χ2v) is 4.31. The monoisotopic (exact) mass is 269 g/mol. The second kappa shape index (κ2) is 6.06. The molecule has 98 valence electrons. The van der Waals surface area contributed by atoms with E-state index >= 15 is 0 Å². The van der Waals surface area contributed by atoms with E-state index in [0.29, 0.717) is 11.5 Å². The number of hydrogen-bond acceptors (Lipinski definition) is 6. The standard InChI is InChI=1S/C11H15N3O3S/c1-4-5-14-10-6(11(16)17-3)7(12)8(18-10)9(15)13-2/h4,14H,1,5,12H2,2-3H3,(H,13,15). The number of carbonyl (C=O) groups is 2. The first kappa shape index (κ1) is 14.0. The molecule has 4 N–H and O–H groups in total. The Morgan fingerprint density at radius 2 is 2.22 bits per heavy atom. The Labute approximate surface area is 109 Å². The first-order chi connectivity index (χ1) is 8.56. The fraction of sp³-hybridized carbons (Fsp3) is 0.273. The van der Waals surface area contributed by atoms with Crippen molar-refractivity contribution >= 4 is 33.9 Å². The van der Waals surface area contributed by atoms with E-state index in [9.17, 15) is 9.59 Å². The fourth-order valence-electron chi connectivity index (χ4n) is 1.32. The Balaban J connectivity index is 3.26. The zero-order valence-electron chi connectivity index (χ0n) is 10.2. The molecule has 0 aliphatic carbocycles. The van der Waals surface area contributed by atoms with Gasteiger partial charge >= 0.3 is 5.97 Å². The van der Waals surface area contributed by atoms with Crippen LogP contribution in [0.1, 0.15) is 20.0 Å². The van der Waals surface area contributed by atoms with Crippen molar-refractivity contribution in [2.24, 2.45) is 0 Å². The molecule has 1 amide bonds. The van der Waals surface area contributed by atoms with Crippen molar-refractivity contribution in [1.29, 1.82) is 0 Å². The van der Waals surface area contributed by atoms with Crippen LogP contribution in [0.15, 0.2) is 12.7 Å². The summed E-state index contributed by atoms with van der Waals surface area (Å²) in [5.41, 5.74) is 6.12. The van der Waals surface area contributed by atoms with Gasteiger partial charge in [0.1, 0.15) is 15.4 Å². The summed E-state index contributed by atoms with van der Waals surface area (Å²) in [5.74, 6) is -0.917. The average Bonchev–Trinajstić information content (AvgIpc) is 2.71. The molecule has 0 spiro atoms. The molecule has 0 saturated carbocycles. The van der Waals surface area contributed by atoms with Gasteiger partial charge < -0.3 is 21.1 Å². The minimum absolute atomic E-state index is 0.123. The van der Waals surface area contributed by atoms with Crippen LogP contribution in [-0.2, 0) is 4.74 Å². The van der Waals surface area contributed by atoms with Gasteiger partial charge in [-0.05, 0) is 0 Å². The number of amides is 1. The van der Waals surface area contributed by atoms with Crippen LogP contribution < -0.4 is 16.4 Å². The number of methoxy groups -OCH3 is 1. The summed E-state index contributed by atoms with van der Waals surface area (Å²) in [6.07, 6.45) is 1.64. The lowest BCUT2D eigenvalue weighted by Crippen LogP contribution is -2.18. The summed E-state index contributed by atoms with van der Waals surface area (Å²) in [6, 6.07) is 0. The number of thiophene rings is 1. The third-order valence-corrected chi connectivity index (χ3v) is 3.34. The van der Waals surface area contributed by atoms with Gasteiger partial charge in [0.2, 0.25) is 0 Å². The number of hydrogen-bond donors (Lipinski definition) is 3. The largest absolute Gasteiger partial charge is 0.465 e. The zero-order chi connectivity index (χ0) is 13.7. The molecular weight excluding hydrogens is 254 g/mol. The Morgan fingerprint density at radius 1 is 1.56 bits per heavy atom. The molecule has 0 atom stereocenters. The Kier molecular flexibility index (Phi) is 4.73. The molecule has 1 aromatic heterocycles. The Hall–Kier alpha value is -2.02. The van der Waals surface area contributed by atoms with Gasteiger partial charge in [-0.1, -0.05) is 6.08 Å². The number of nitrogens with one attached hydrogen (secondary N) is 2. The molecule has 0 fully saturated rings. The number of nitrogens with two attached hydrogens (primary N) is 1. The van der Waals surface area contributed by atoms with Gasteiger partial charge in [0.15, 0.2) is 0 Å². The lowest BCUT2D eigenvalue weighted by atomic mass is 10.2. The van der Waals surface area contributed by atoms with Crippen molar-refractivity contribution in [1.82, 2.24) is 5.32 Å². The molecule has 18 heavy (non-hydrogen) atoms. The van der Waals surface area contributed by atoms with E-state index in [1.54, 1.807) is 6.08 Å². The van der Waals surface area contributed by atoms with Crippen molar-refractivity contribution in [3.63, 3.8) is 0 Å². The van der Waals surface area contributed by atoms with Crippen LogP contribution in [0, 0.1) is 0 Å². The number of carbonyl (C=O) groups excluding carboxylic acids is 2. The average molecular weight is 269 g/mol. The lowest BCUT2D eigenvalue weighted by molar-refractivity contribution is 0.0603. The van der Waals surface area contributed by atoms with Gasteiger partial charge in [-0.25, -0.2) is 4.79 Å².